The van der Waals surface area contributed by atoms with E-state index in [-0.39, 0.29) is 6.10 Å². The van der Waals surface area contributed by atoms with Crippen LogP contribution in [0.15, 0.2) is 0 Å². The van der Waals surface area contributed by atoms with Crippen LogP contribution in [-0.2, 0) is 19.1 Å². The normalized spacial score (nSPS) is 28.9. The minimum atomic E-state index is -0.911. The van der Waals surface area contributed by atoms with Crippen LogP contribution in [0.25, 0.3) is 0 Å². The molecule has 0 bridgehead atoms. The van der Waals surface area contributed by atoms with Crippen LogP contribution in [0.3, 0.4) is 0 Å². The van der Waals surface area contributed by atoms with Crippen molar-refractivity contribution in [2.45, 2.75) is 46.1 Å². The van der Waals surface area contributed by atoms with E-state index in [0.29, 0.717) is 17.8 Å². The Balaban J connectivity index is 2.63. The number of carbonyl (C=O) groups is 2. The molecule has 0 radical (unpaired) electrons. The summed E-state index contributed by atoms with van der Waals surface area (Å²) in [5.41, 5.74) is 0. The molecule has 0 saturated heterocycles. The van der Waals surface area contributed by atoms with Crippen LogP contribution in [-0.4, -0.2) is 25.2 Å². The molecule has 0 aromatic carbocycles. The molecule has 0 aromatic heterocycles. The second-order valence-corrected chi connectivity index (χ2v) is 5.26. The molecule has 1 aliphatic carbocycles. The van der Waals surface area contributed by atoms with Gasteiger partial charge in [0.15, 0.2) is 0 Å². The van der Waals surface area contributed by atoms with Crippen LogP contribution < -0.4 is 0 Å². The standard InChI is InChI=1S/C13H22O4/c1-8(2)10-6-5-9(3)7-11(10)17-13(15)12(14)16-4/h8-11H,5-7H2,1-4H3. The highest BCUT2D eigenvalue weighted by molar-refractivity contribution is 6.29. The van der Waals surface area contributed by atoms with Gasteiger partial charge in [0.1, 0.15) is 6.10 Å². The number of hydrogen-bond acceptors (Lipinski definition) is 4. The van der Waals surface area contributed by atoms with E-state index in [0.717, 1.165) is 19.3 Å². The van der Waals surface area contributed by atoms with Crippen molar-refractivity contribution in [3.63, 3.8) is 0 Å². The first-order valence-corrected chi connectivity index (χ1v) is 6.24. The average Bonchev–Trinajstić information content (AvgIpc) is 2.27. The lowest BCUT2D eigenvalue weighted by atomic mass is 9.75. The monoisotopic (exact) mass is 242 g/mol. The van der Waals surface area contributed by atoms with E-state index in [4.69, 9.17) is 4.74 Å². The molecule has 0 aliphatic heterocycles. The summed E-state index contributed by atoms with van der Waals surface area (Å²) in [5.74, 6) is -0.429. The minimum absolute atomic E-state index is 0.148. The predicted octanol–water partition coefficient (Wildman–Crippen LogP) is 2.16. The van der Waals surface area contributed by atoms with Crippen molar-refractivity contribution in [1.82, 2.24) is 0 Å². The summed E-state index contributed by atoms with van der Waals surface area (Å²) in [6, 6.07) is 0. The van der Waals surface area contributed by atoms with Crippen molar-refractivity contribution >= 4 is 11.9 Å². The summed E-state index contributed by atoms with van der Waals surface area (Å²) in [6.45, 7) is 6.40. The van der Waals surface area contributed by atoms with Crippen molar-refractivity contribution in [2.24, 2.45) is 17.8 Å². The quantitative estimate of drug-likeness (QED) is 0.550. The van der Waals surface area contributed by atoms with Crippen LogP contribution in [0.4, 0.5) is 0 Å². The first-order valence-electron chi connectivity index (χ1n) is 6.24. The molecule has 0 N–H and O–H groups in total. The summed E-state index contributed by atoms with van der Waals surface area (Å²) in [5, 5.41) is 0. The number of ether oxygens (including phenoxy) is 2. The zero-order valence-corrected chi connectivity index (χ0v) is 11.1. The molecule has 1 fully saturated rings. The van der Waals surface area contributed by atoms with Gasteiger partial charge in [-0.3, -0.25) is 0 Å². The fourth-order valence-corrected chi connectivity index (χ4v) is 2.52. The van der Waals surface area contributed by atoms with Gasteiger partial charge in [-0.15, -0.1) is 0 Å². The van der Waals surface area contributed by atoms with E-state index in [1.807, 2.05) is 0 Å². The fourth-order valence-electron chi connectivity index (χ4n) is 2.52. The molecule has 1 saturated carbocycles. The number of methoxy groups -OCH3 is 1. The fraction of sp³-hybridized carbons (Fsp3) is 0.846. The Morgan fingerprint density at radius 2 is 1.82 bits per heavy atom. The number of carbonyl (C=O) groups excluding carboxylic acids is 2. The maximum atomic E-state index is 11.4. The molecular weight excluding hydrogens is 220 g/mol. The largest absolute Gasteiger partial charge is 0.461 e. The predicted molar refractivity (Wildman–Crippen MR) is 63.2 cm³/mol. The van der Waals surface area contributed by atoms with E-state index in [2.05, 4.69) is 25.5 Å². The van der Waals surface area contributed by atoms with Gasteiger partial charge in [-0.25, -0.2) is 9.59 Å². The molecule has 1 rings (SSSR count). The molecule has 4 nitrogen and oxygen atoms in total. The molecule has 0 spiro atoms. The maximum Gasteiger partial charge on any atom is 0.417 e. The van der Waals surface area contributed by atoms with E-state index in [1.165, 1.54) is 7.11 Å². The third-order valence-corrected chi connectivity index (χ3v) is 3.57. The summed E-state index contributed by atoms with van der Waals surface area (Å²) < 4.78 is 9.64. The maximum absolute atomic E-state index is 11.4. The average molecular weight is 242 g/mol. The molecule has 0 aromatic rings. The molecular formula is C13H22O4. The zero-order valence-electron chi connectivity index (χ0n) is 11.1. The van der Waals surface area contributed by atoms with Crippen LogP contribution in [0.5, 0.6) is 0 Å². The first kappa shape index (κ1) is 14.0. The van der Waals surface area contributed by atoms with Crippen molar-refractivity contribution in [3.05, 3.63) is 0 Å². The zero-order chi connectivity index (χ0) is 13.0. The van der Waals surface area contributed by atoms with Gasteiger partial charge in [-0.2, -0.15) is 0 Å². The lowest BCUT2D eigenvalue weighted by Gasteiger charge is -2.36. The highest BCUT2D eigenvalue weighted by Gasteiger charge is 2.34. The molecule has 0 amide bonds. The lowest BCUT2D eigenvalue weighted by molar-refractivity contribution is -0.173. The SMILES string of the molecule is COC(=O)C(=O)OC1CC(C)CCC1C(C)C. The first-order chi connectivity index (χ1) is 7.95. The van der Waals surface area contributed by atoms with Crippen molar-refractivity contribution < 1.29 is 19.1 Å². The Morgan fingerprint density at radius 3 is 2.35 bits per heavy atom. The Hall–Kier alpha value is -1.06. The third-order valence-electron chi connectivity index (χ3n) is 3.57. The Kier molecular flexibility index (Phi) is 4.97. The van der Waals surface area contributed by atoms with Gasteiger partial charge in [-0.05, 0) is 30.6 Å². The molecule has 1 aliphatic rings. The summed E-state index contributed by atoms with van der Waals surface area (Å²) >= 11 is 0. The van der Waals surface area contributed by atoms with Gasteiger partial charge in [-0.1, -0.05) is 27.2 Å². The summed E-state index contributed by atoms with van der Waals surface area (Å²) in [6.07, 6.45) is 2.91. The number of esters is 2. The number of hydrogen-bond donors (Lipinski definition) is 0. The van der Waals surface area contributed by atoms with Crippen LogP contribution in [0, 0.1) is 17.8 Å². The second kappa shape index (κ2) is 6.03. The van der Waals surface area contributed by atoms with Gasteiger partial charge < -0.3 is 9.47 Å². The third kappa shape index (κ3) is 3.72. The Labute approximate surface area is 103 Å². The molecule has 4 heteroatoms. The van der Waals surface area contributed by atoms with Gasteiger partial charge >= 0.3 is 11.9 Å². The second-order valence-electron chi connectivity index (χ2n) is 5.26. The summed E-state index contributed by atoms with van der Waals surface area (Å²) in [4.78, 5) is 22.5. The molecule has 3 unspecified atom stereocenters. The van der Waals surface area contributed by atoms with Gasteiger partial charge in [0, 0.05) is 0 Å². The number of rotatable bonds is 2. The topological polar surface area (TPSA) is 52.6 Å². The van der Waals surface area contributed by atoms with E-state index in [9.17, 15) is 9.59 Å². The Bertz CT molecular complexity index is 285. The molecule has 98 valence electrons. The van der Waals surface area contributed by atoms with Gasteiger partial charge in [0.2, 0.25) is 0 Å². The van der Waals surface area contributed by atoms with Crippen LogP contribution >= 0.6 is 0 Å². The van der Waals surface area contributed by atoms with Crippen LogP contribution in [0.1, 0.15) is 40.0 Å². The molecule has 0 heterocycles. The minimum Gasteiger partial charge on any atom is -0.461 e. The van der Waals surface area contributed by atoms with E-state index < -0.39 is 11.9 Å². The smallest absolute Gasteiger partial charge is 0.417 e. The van der Waals surface area contributed by atoms with Gasteiger partial charge in [0.05, 0.1) is 7.11 Å². The highest BCUT2D eigenvalue weighted by atomic mass is 16.6. The van der Waals surface area contributed by atoms with Crippen LogP contribution in [0.2, 0.25) is 0 Å². The molecule has 17 heavy (non-hydrogen) atoms. The van der Waals surface area contributed by atoms with Crippen molar-refractivity contribution in [3.8, 4) is 0 Å². The van der Waals surface area contributed by atoms with E-state index >= 15 is 0 Å². The van der Waals surface area contributed by atoms with Crippen molar-refractivity contribution in [1.29, 1.82) is 0 Å². The Morgan fingerprint density at radius 1 is 1.18 bits per heavy atom. The molecule has 3 atom stereocenters. The van der Waals surface area contributed by atoms with E-state index in [1.54, 1.807) is 0 Å². The summed E-state index contributed by atoms with van der Waals surface area (Å²) in [7, 11) is 1.19. The van der Waals surface area contributed by atoms with Gasteiger partial charge in [0.25, 0.3) is 0 Å². The van der Waals surface area contributed by atoms with Crippen molar-refractivity contribution in [2.75, 3.05) is 7.11 Å². The highest BCUT2D eigenvalue weighted by Crippen LogP contribution is 2.35. The lowest BCUT2D eigenvalue weighted by Crippen LogP contribution is -2.37.